The van der Waals surface area contributed by atoms with Gasteiger partial charge >= 0.3 is 0 Å². The van der Waals surface area contributed by atoms with Crippen molar-refractivity contribution >= 4 is 21.6 Å². The zero-order valence-corrected chi connectivity index (χ0v) is 16.5. The lowest BCUT2D eigenvalue weighted by molar-refractivity contribution is -0.116. The minimum absolute atomic E-state index is 0.210. The van der Waals surface area contributed by atoms with Crippen LogP contribution < -0.4 is 14.8 Å². The number of methoxy groups -OCH3 is 2. The van der Waals surface area contributed by atoms with E-state index in [9.17, 15) is 13.2 Å². The molecule has 0 spiro atoms. The third-order valence-corrected chi connectivity index (χ3v) is 5.22. The van der Waals surface area contributed by atoms with Crippen molar-refractivity contribution < 1.29 is 22.7 Å². The molecule has 0 aliphatic carbocycles. The Hall–Kier alpha value is -2.58. The summed E-state index contributed by atoms with van der Waals surface area (Å²) in [7, 11) is -0.377. The van der Waals surface area contributed by atoms with E-state index in [1.165, 1.54) is 0 Å². The SMILES string of the molecule is COc1ccc(CCN(CC(=O)Nc2ccc(OC)cc2)S(C)(=O)=O)cc1. The first kappa shape index (κ1) is 20.7. The van der Waals surface area contributed by atoms with Crippen molar-refractivity contribution in [2.45, 2.75) is 6.42 Å². The number of anilines is 1. The lowest BCUT2D eigenvalue weighted by atomic mass is 10.1. The maximum atomic E-state index is 12.3. The number of ether oxygens (including phenoxy) is 2. The van der Waals surface area contributed by atoms with Gasteiger partial charge in [0, 0.05) is 12.2 Å². The standard InChI is InChI=1S/C19H24N2O5S/c1-25-17-8-4-15(5-9-17)12-13-21(27(3,23)24)14-19(22)20-16-6-10-18(26-2)11-7-16/h4-11H,12-14H2,1-3H3,(H,20,22). The molecule has 0 heterocycles. The molecule has 0 bridgehead atoms. The first-order valence-corrected chi connectivity index (χ1v) is 10.2. The second-order valence-corrected chi connectivity index (χ2v) is 7.95. The molecule has 146 valence electrons. The highest BCUT2D eigenvalue weighted by Crippen LogP contribution is 2.15. The van der Waals surface area contributed by atoms with Gasteiger partial charge in [-0.05, 0) is 48.4 Å². The third kappa shape index (κ3) is 6.58. The van der Waals surface area contributed by atoms with Crippen LogP contribution in [-0.4, -0.2) is 52.2 Å². The molecule has 2 aromatic rings. The Morgan fingerprint density at radius 3 is 1.96 bits per heavy atom. The summed E-state index contributed by atoms with van der Waals surface area (Å²) in [6.45, 7) is -0.0395. The van der Waals surface area contributed by atoms with Crippen molar-refractivity contribution in [2.75, 3.05) is 38.9 Å². The smallest absolute Gasteiger partial charge is 0.239 e. The Kier molecular flexibility index (Phi) is 7.20. The van der Waals surface area contributed by atoms with E-state index >= 15 is 0 Å². The van der Waals surface area contributed by atoms with E-state index in [-0.39, 0.29) is 13.1 Å². The van der Waals surface area contributed by atoms with Gasteiger partial charge in [0.05, 0.1) is 27.0 Å². The van der Waals surface area contributed by atoms with Gasteiger partial charge in [-0.3, -0.25) is 4.79 Å². The normalized spacial score (nSPS) is 11.3. The summed E-state index contributed by atoms with van der Waals surface area (Å²) in [6.07, 6.45) is 1.59. The number of carbonyl (C=O) groups excluding carboxylic acids is 1. The van der Waals surface area contributed by atoms with Crippen LogP contribution in [0, 0.1) is 0 Å². The Labute approximate surface area is 160 Å². The van der Waals surface area contributed by atoms with Crippen molar-refractivity contribution in [3.8, 4) is 11.5 Å². The van der Waals surface area contributed by atoms with E-state index in [4.69, 9.17) is 9.47 Å². The van der Waals surface area contributed by atoms with Crippen LogP contribution in [0.2, 0.25) is 0 Å². The number of amides is 1. The molecular formula is C19H24N2O5S. The van der Waals surface area contributed by atoms with Crippen LogP contribution in [0.25, 0.3) is 0 Å². The molecule has 1 amide bonds. The van der Waals surface area contributed by atoms with Crippen molar-refractivity contribution in [1.29, 1.82) is 0 Å². The highest BCUT2D eigenvalue weighted by Gasteiger charge is 2.20. The zero-order chi connectivity index (χ0) is 19.9. The third-order valence-electron chi connectivity index (χ3n) is 3.97. The number of sulfonamides is 1. The molecular weight excluding hydrogens is 368 g/mol. The Morgan fingerprint density at radius 2 is 1.48 bits per heavy atom. The van der Waals surface area contributed by atoms with Gasteiger partial charge < -0.3 is 14.8 Å². The van der Waals surface area contributed by atoms with Gasteiger partial charge in [0.2, 0.25) is 15.9 Å². The minimum atomic E-state index is -3.52. The maximum Gasteiger partial charge on any atom is 0.239 e. The number of nitrogens with one attached hydrogen (secondary N) is 1. The summed E-state index contributed by atoms with van der Waals surface area (Å²) in [5.74, 6) is 1.00. The van der Waals surface area contributed by atoms with Crippen molar-refractivity contribution in [1.82, 2.24) is 4.31 Å². The topological polar surface area (TPSA) is 84.9 Å². The molecule has 0 aromatic heterocycles. The summed E-state index contributed by atoms with van der Waals surface area (Å²) < 4.78 is 35.4. The van der Waals surface area contributed by atoms with Gasteiger partial charge in [-0.15, -0.1) is 0 Å². The number of hydrogen-bond acceptors (Lipinski definition) is 5. The number of nitrogens with zero attached hydrogens (tertiary/aromatic N) is 1. The fourth-order valence-corrected chi connectivity index (χ4v) is 3.22. The molecule has 0 fully saturated rings. The van der Waals surface area contributed by atoms with Gasteiger partial charge in [-0.25, -0.2) is 8.42 Å². The molecule has 27 heavy (non-hydrogen) atoms. The Balaban J connectivity index is 1.97. The van der Waals surface area contributed by atoms with Crippen LogP contribution >= 0.6 is 0 Å². The fraction of sp³-hybridized carbons (Fsp3) is 0.316. The number of carbonyl (C=O) groups is 1. The monoisotopic (exact) mass is 392 g/mol. The van der Waals surface area contributed by atoms with E-state index in [0.29, 0.717) is 17.9 Å². The molecule has 0 radical (unpaired) electrons. The van der Waals surface area contributed by atoms with E-state index in [0.717, 1.165) is 21.9 Å². The summed E-state index contributed by atoms with van der Waals surface area (Å²) in [4.78, 5) is 12.3. The highest BCUT2D eigenvalue weighted by molar-refractivity contribution is 7.88. The quantitative estimate of drug-likeness (QED) is 0.707. The fourth-order valence-electron chi connectivity index (χ4n) is 2.44. The highest BCUT2D eigenvalue weighted by atomic mass is 32.2. The largest absolute Gasteiger partial charge is 0.497 e. The first-order valence-electron chi connectivity index (χ1n) is 8.34. The molecule has 8 heteroatoms. The van der Waals surface area contributed by atoms with Gasteiger partial charge in [0.25, 0.3) is 0 Å². The molecule has 2 rings (SSSR count). The number of hydrogen-bond donors (Lipinski definition) is 1. The second-order valence-electron chi connectivity index (χ2n) is 5.97. The Morgan fingerprint density at radius 1 is 0.963 bits per heavy atom. The van der Waals surface area contributed by atoms with Crippen molar-refractivity contribution in [3.63, 3.8) is 0 Å². The molecule has 0 atom stereocenters. The van der Waals surface area contributed by atoms with E-state index in [1.807, 2.05) is 24.3 Å². The summed E-state index contributed by atoms with van der Waals surface area (Å²) in [6, 6.07) is 14.2. The van der Waals surface area contributed by atoms with Crippen molar-refractivity contribution in [2.24, 2.45) is 0 Å². The minimum Gasteiger partial charge on any atom is -0.497 e. The van der Waals surface area contributed by atoms with Crippen LogP contribution in [0.1, 0.15) is 5.56 Å². The first-order chi connectivity index (χ1) is 12.8. The van der Waals surface area contributed by atoms with Gasteiger partial charge in [-0.1, -0.05) is 12.1 Å². The average Bonchev–Trinajstić information content (AvgIpc) is 2.65. The molecule has 0 saturated carbocycles. The summed E-state index contributed by atoms with van der Waals surface area (Å²) in [5.41, 5.74) is 1.53. The van der Waals surface area contributed by atoms with Crippen LogP contribution in [0.3, 0.4) is 0 Å². The Bertz CT molecular complexity index is 849. The molecule has 0 aliphatic rings. The zero-order valence-electron chi connectivity index (χ0n) is 15.6. The summed E-state index contributed by atoms with van der Waals surface area (Å²) in [5, 5.41) is 2.69. The van der Waals surface area contributed by atoms with Crippen LogP contribution in [-0.2, 0) is 21.2 Å². The summed E-state index contributed by atoms with van der Waals surface area (Å²) >= 11 is 0. The van der Waals surface area contributed by atoms with Crippen LogP contribution in [0.4, 0.5) is 5.69 Å². The molecule has 0 saturated heterocycles. The lowest BCUT2D eigenvalue weighted by Crippen LogP contribution is -2.38. The van der Waals surface area contributed by atoms with Crippen LogP contribution in [0.15, 0.2) is 48.5 Å². The second kappa shape index (κ2) is 9.38. The number of rotatable bonds is 9. The average molecular weight is 392 g/mol. The van der Waals surface area contributed by atoms with Crippen molar-refractivity contribution in [3.05, 3.63) is 54.1 Å². The number of benzene rings is 2. The predicted molar refractivity (Wildman–Crippen MR) is 105 cm³/mol. The van der Waals surface area contributed by atoms with Crippen LogP contribution in [0.5, 0.6) is 11.5 Å². The molecule has 1 N–H and O–H groups in total. The maximum absolute atomic E-state index is 12.3. The van der Waals surface area contributed by atoms with Gasteiger partial charge in [0.1, 0.15) is 11.5 Å². The lowest BCUT2D eigenvalue weighted by Gasteiger charge is -2.19. The van der Waals surface area contributed by atoms with E-state index in [1.54, 1.807) is 38.5 Å². The van der Waals surface area contributed by atoms with E-state index < -0.39 is 15.9 Å². The molecule has 7 nitrogen and oxygen atoms in total. The van der Waals surface area contributed by atoms with Gasteiger partial charge in [0.15, 0.2) is 0 Å². The molecule has 0 aliphatic heterocycles. The van der Waals surface area contributed by atoms with Gasteiger partial charge in [-0.2, -0.15) is 4.31 Å². The molecule has 2 aromatic carbocycles. The predicted octanol–water partition coefficient (Wildman–Crippen LogP) is 2.15. The molecule has 0 unspecified atom stereocenters. The van der Waals surface area contributed by atoms with E-state index in [2.05, 4.69) is 5.32 Å².